The monoisotopic (exact) mass is 378 g/mol. The Hall–Kier alpha value is -2.60. The number of carbonyl (C=O) groups is 2. The van der Waals surface area contributed by atoms with Crippen LogP contribution in [-0.4, -0.2) is 63.7 Å². The van der Waals surface area contributed by atoms with Gasteiger partial charge in [0.1, 0.15) is 5.69 Å². The molecule has 2 aliphatic rings. The summed E-state index contributed by atoms with van der Waals surface area (Å²) in [5.41, 5.74) is 1.23. The van der Waals surface area contributed by atoms with E-state index in [-0.39, 0.29) is 17.6 Å². The van der Waals surface area contributed by atoms with Gasteiger partial charge >= 0.3 is 0 Å². The third-order valence-corrected chi connectivity index (χ3v) is 5.93. The summed E-state index contributed by atoms with van der Waals surface area (Å²) >= 11 is 0. The molecule has 2 aliphatic heterocycles. The summed E-state index contributed by atoms with van der Waals surface area (Å²) in [5.74, 6) is 0.304. The van der Waals surface area contributed by atoms with Crippen molar-refractivity contribution in [3.63, 3.8) is 0 Å². The Morgan fingerprint density at radius 2 is 1.75 bits per heavy atom. The molecule has 0 unspecified atom stereocenters. The summed E-state index contributed by atoms with van der Waals surface area (Å²) in [7, 11) is 0. The van der Waals surface area contributed by atoms with E-state index in [0.717, 1.165) is 57.4 Å². The van der Waals surface area contributed by atoms with E-state index in [2.05, 4.69) is 14.9 Å². The van der Waals surface area contributed by atoms with Gasteiger partial charge in [-0.05, 0) is 32.2 Å². The average molecular weight is 378 g/mol. The Kier molecular flexibility index (Phi) is 5.76. The van der Waals surface area contributed by atoms with E-state index in [9.17, 15) is 9.59 Å². The Morgan fingerprint density at radius 3 is 2.46 bits per heavy atom. The molecule has 0 spiro atoms. The van der Waals surface area contributed by atoms with Crippen molar-refractivity contribution in [3.05, 3.63) is 60.2 Å². The normalized spacial score (nSPS) is 21.4. The second-order valence-electron chi connectivity index (χ2n) is 7.68. The molecule has 1 atom stereocenters. The van der Waals surface area contributed by atoms with Crippen molar-refractivity contribution in [3.8, 4) is 0 Å². The predicted octanol–water partition coefficient (Wildman–Crippen LogP) is 2.68. The summed E-state index contributed by atoms with van der Waals surface area (Å²) in [4.78, 5) is 37.8. The van der Waals surface area contributed by atoms with E-state index in [1.807, 2.05) is 35.2 Å². The van der Waals surface area contributed by atoms with Gasteiger partial charge in [-0.25, -0.2) is 4.98 Å². The van der Waals surface area contributed by atoms with Crippen molar-refractivity contribution in [2.75, 3.05) is 26.2 Å². The molecule has 6 nitrogen and oxygen atoms in total. The highest BCUT2D eigenvalue weighted by Crippen LogP contribution is 2.26. The number of nitrogens with zero attached hydrogens (tertiary/aromatic N) is 4. The fourth-order valence-electron chi connectivity index (χ4n) is 4.40. The zero-order valence-electron chi connectivity index (χ0n) is 16.0. The van der Waals surface area contributed by atoms with Crippen molar-refractivity contribution in [2.24, 2.45) is 5.92 Å². The molecule has 28 heavy (non-hydrogen) atoms. The minimum Gasteiger partial charge on any atom is -0.337 e. The molecule has 2 saturated heterocycles. The van der Waals surface area contributed by atoms with Crippen LogP contribution < -0.4 is 0 Å². The first kappa shape index (κ1) is 18.7. The minimum atomic E-state index is -0.0395. The average Bonchev–Trinajstić information content (AvgIpc) is 2.79. The standard InChI is InChI=1S/C22H26N4O2/c27-21(17-5-2-1-3-6-17)18-7-4-12-26(16-18)19-8-13-25(14-9-19)22(28)20-15-23-10-11-24-20/h1-3,5-6,10-11,15,18-19H,4,7-9,12-14,16H2/t18-/m0/s1. The second kappa shape index (κ2) is 8.61. The minimum absolute atomic E-state index is 0.0395. The van der Waals surface area contributed by atoms with Crippen LogP contribution in [0.15, 0.2) is 48.9 Å². The Balaban J connectivity index is 1.33. The molecule has 2 fully saturated rings. The lowest BCUT2D eigenvalue weighted by atomic mass is 9.88. The number of hydrogen-bond acceptors (Lipinski definition) is 5. The molecule has 0 saturated carbocycles. The van der Waals surface area contributed by atoms with E-state index >= 15 is 0 Å². The number of hydrogen-bond donors (Lipinski definition) is 0. The molecular weight excluding hydrogens is 352 g/mol. The fraction of sp³-hybridized carbons (Fsp3) is 0.455. The maximum Gasteiger partial charge on any atom is 0.274 e. The molecule has 146 valence electrons. The number of likely N-dealkylation sites (tertiary alicyclic amines) is 2. The lowest BCUT2D eigenvalue weighted by Crippen LogP contribution is -2.50. The number of aromatic nitrogens is 2. The van der Waals surface area contributed by atoms with Gasteiger partial charge in [-0.2, -0.15) is 0 Å². The smallest absolute Gasteiger partial charge is 0.274 e. The second-order valence-corrected chi connectivity index (χ2v) is 7.68. The van der Waals surface area contributed by atoms with Crippen molar-refractivity contribution in [1.29, 1.82) is 0 Å². The van der Waals surface area contributed by atoms with Gasteiger partial charge in [0.25, 0.3) is 5.91 Å². The van der Waals surface area contributed by atoms with Gasteiger partial charge in [0.2, 0.25) is 0 Å². The summed E-state index contributed by atoms with van der Waals surface area (Å²) in [6, 6.07) is 10.1. The van der Waals surface area contributed by atoms with Crippen molar-refractivity contribution in [2.45, 2.75) is 31.7 Å². The van der Waals surface area contributed by atoms with Gasteiger partial charge in [-0.15, -0.1) is 0 Å². The maximum atomic E-state index is 12.8. The fourth-order valence-corrected chi connectivity index (χ4v) is 4.40. The number of rotatable bonds is 4. The van der Waals surface area contributed by atoms with Crippen LogP contribution in [-0.2, 0) is 0 Å². The lowest BCUT2D eigenvalue weighted by molar-refractivity contribution is 0.0502. The molecular formula is C22H26N4O2. The Morgan fingerprint density at radius 1 is 0.964 bits per heavy atom. The van der Waals surface area contributed by atoms with Crippen LogP contribution >= 0.6 is 0 Å². The summed E-state index contributed by atoms with van der Waals surface area (Å²) in [5, 5.41) is 0. The van der Waals surface area contributed by atoms with Crippen molar-refractivity contribution in [1.82, 2.24) is 19.8 Å². The zero-order valence-corrected chi connectivity index (χ0v) is 16.0. The molecule has 0 bridgehead atoms. The van der Waals surface area contributed by atoms with E-state index in [1.165, 1.54) is 6.20 Å². The van der Waals surface area contributed by atoms with Crippen LogP contribution in [0.3, 0.4) is 0 Å². The van der Waals surface area contributed by atoms with Gasteiger partial charge in [0.15, 0.2) is 5.78 Å². The molecule has 2 aromatic rings. The number of benzene rings is 1. The van der Waals surface area contributed by atoms with Crippen LogP contribution in [0.5, 0.6) is 0 Å². The van der Waals surface area contributed by atoms with E-state index in [0.29, 0.717) is 11.7 Å². The molecule has 0 radical (unpaired) electrons. The highest BCUT2D eigenvalue weighted by atomic mass is 16.2. The molecule has 4 rings (SSSR count). The molecule has 6 heteroatoms. The van der Waals surface area contributed by atoms with E-state index in [4.69, 9.17) is 0 Å². The molecule has 1 aromatic carbocycles. The highest BCUT2D eigenvalue weighted by Gasteiger charge is 2.33. The SMILES string of the molecule is O=C(c1ccccc1)[C@H]1CCCN(C2CCN(C(=O)c3cnccn3)CC2)C1. The molecule has 3 heterocycles. The summed E-state index contributed by atoms with van der Waals surface area (Å²) < 4.78 is 0. The zero-order chi connectivity index (χ0) is 19.3. The molecule has 0 N–H and O–H groups in total. The molecule has 1 aromatic heterocycles. The Labute approximate surface area is 165 Å². The first-order valence-electron chi connectivity index (χ1n) is 10.1. The van der Waals surface area contributed by atoms with Gasteiger partial charge in [0, 0.05) is 49.6 Å². The third kappa shape index (κ3) is 4.12. The van der Waals surface area contributed by atoms with Gasteiger partial charge in [-0.3, -0.25) is 19.5 Å². The Bertz CT molecular complexity index is 804. The van der Waals surface area contributed by atoms with Crippen molar-refractivity contribution >= 4 is 11.7 Å². The van der Waals surface area contributed by atoms with Crippen LogP contribution in [0.25, 0.3) is 0 Å². The number of amides is 1. The number of carbonyl (C=O) groups excluding carboxylic acids is 2. The topological polar surface area (TPSA) is 66.4 Å². The van der Waals surface area contributed by atoms with E-state index in [1.54, 1.807) is 12.4 Å². The van der Waals surface area contributed by atoms with Crippen LogP contribution in [0, 0.1) is 5.92 Å². The van der Waals surface area contributed by atoms with Gasteiger partial charge in [0.05, 0.1) is 6.20 Å². The predicted molar refractivity (Wildman–Crippen MR) is 106 cm³/mol. The first-order chi connectivity index (χ1) is 13.7. The first-order valence-corrected chi connectivity index (χ1v) is 10.1. The number of ketones is 1. The highest BCUT2D eigenvalue weighted by molar-refractivity contribution is 5.98. The van der Waals surface area contributed by atoms with Gasteiger partial charge in [-0.1, -0.05) is 30.3 Å². The lowest BCUT2D eigenvalue weighted by Gasteiger charge is -2.42. The van der Waals surface area contributed by atoms with Crippen molar-refractivity contribution < 1.29 is 9.59 Å². The summed E-state index contributed by atoms with van der Waals surface area (Å²) in [6.45, 7) is 3.33. The van der Waals surface area contributed by atoms with Crippen LogP contribution in [0.4, 0.5) is 0 Å². The number of Topliss-reactive ketones (excluding diaryl/α,β-unsaturated/α-hetero) is 1. The quantitative estimate of drug-likeness (QED) is 0.766. The van der Waals surface area contributed by atoms with Gasteiger partial charge < -0.3 is 4.90 Å². The number of piperidine rings is 2. The maximum absolute atomic E-state index is 12.8. The van der Waals surface area contributed by atoms with E-state index < -0.39 is 0 Å². The molecule has 0 aliphatic carbocycles. The van der Waals surface area contributed by atoms with Crippen LogP contribution in [0.2, 0.25) is 0 Å². The largest absolute Gasteiger partial charge is 0.337 e. The molecule has 1 amide bonds. The third-order valence-electron chi connectivity index (χ3n) is 5.93. The van der Waals surface area contributed by atoms with Crippen LogP contribution in [0.1, 0.15) is 46.5 Å². The summed E-state index contributed by atoms with van der Waals surface area (Å²) in [6.07, 6.45) is 8.57.